The van der Waals surface area contributed by atoms with Crippen LogP contribution in [0.4, 0.5) is 0 Å². The molecule has 13 heavy (non-hydrogen) atoms. The van der Waals surface area contributed by atoms with E-state index in [2.05, 4.69) is 34.7 Å². The zero-order chi connectivity index (χ0) is 9.68. The summed E-state index contributed by atoms with van der Waals surface area (Å²) < 4.78 is 1.06. The van der Waals surface area contributed by atoms with E-state index >= 15 is 0 Å². The SMILES string of the molecule is C=C(Br)CNC1CCCCC1CC. The van der Waals surface area contributed by atoms with Gasteiger partial charge in [-0.3, -0.25) is 0 Å². The number of hydrogen-bond donors (Lipinski definition) is 1. The van der Waals surface area contributed by atoms with Crippen LogP contribution in [0.3, 0.4) is 0 Å². The summed E-state index contributed by atoms with van der Waals surface area (Å²) in [6.07, 6.45) is 6.88. The second kappa shape index (κ2) is 5.82. The fourth-order valence-electron chi connectivity index (χ4n) is 2.21. The highest BCUT2D eigenvalue weighted by Crippen LogP contribution is 2.26. The third kappa shape index (κ3) is 3.82. The van der Waals surface area contributed by atoms with Crippen molar-refractivity contribution in [1.82, 2.24) is 5.32 Å². The number of hydrogen-bond acceptors (Lipinski definition) is 1. The quantitative estimate of drug-likeness (QED) is 0.801. The molecular formula is C11H20BrN. The van der Waals surface area contributed by atoms with Crippen LogP contribution < -0.4 is 5.32 Å². The van der Waals surface area contributed by atoms with E-state index in [1.54, 1.807) is 0 Å². The van der Waals surface area contributed by atoms with Crippen LogP contribution in [0.25, 0.3) is 0 Å². The molecule has 0 spiro atoms. The molecule has 1 nitrogen and oxygen atoms in total. The molecule has 1 N–H and O–H groups in total. The Kier molecular flexibility index (Phi) is 5.04. The van der Waals surface area contributed by atoms with E-state index in [0.29, 0.717) is 0 Å². The smallest absolute Gasteiger partial charge is 0.0268 e. The van der Waals surface area contributed by atoms with Crippen molar-refractivity contribution in [3.63, 3.8) is 0 Å². The second-order valence-corrected chi connectivity index (χ2v) is 5.08. The highest BCUT2D eigenvalue weighted by molar-refractivity contribution is 9.11. The molecule has 0 aromatic rings. The summed E-state index contributed by atoms with van der Waals surface area (Å²) in [4.78, 5) is 0. The van der Waals surface area contributed by atoms with Gasteiger partial charge in [0.15, 0.2) is 0 Å². The first-order valence-electron chi connectivity index (χ1n) is 5.30. The predicted molar refractivity (Wildman–Crippen MR) is 62.1 cm³/mol. The average Bonchev–Trinajstić information content (AvgIpc) is 2.15. The number of halogens is 1. The Balaban J connectivity index is 2.31. The van der Waals surface area contributed by atoms with Crippen molar-refractivity contribution in [2.24, 2.45) is 5.92 Å². The Bertz CT molecular complexity index is 167. The van der Waals surface area contributed by atoms with Gasteiger partial charge in [-0.25, -0.2) is 0 Å². The van der Waals surface area contributed by atoms with Gasteiger partial charge in [-0.1, -0.05) is 48.7 Å². The summed E-state index contributed by atoms with van der Waals surface area (Å²) >= 11 is 3.39. The van der Waals surface area contributed by atoms with Crippen molar-refractivity contribution < 1.29 is 0 Å². The Hall–Kier alpha value is 0.180. The largest absolute Gasteiger partial charge is 0.309 e. The molecule has 1 fully saturated rings. The van der Waals surface area contributed by atoms with Gasteiger partial charge in [-0.05, 0) is 18.8 Å². The molecule has 0 radical (unpaired) electrons. The van der Waals surface area contributed by atoms with Crippen LogP contribution in [0.2, 0.25) is 0 Å². The molecule has 2 heteroatoms. The summed E-state index contributed by atoms with van der Waals surface area (Å²) in [5, 5.41) is 3.58. The van der Waals surface area contributed by atoms with Crippen LogP contribution in [0.1, 0.15) is 39.0 Å². The third-order valence-corrected chi connectivity index (χ3v) is 3.27. The Morgan fingerprint density at radius 2 is 2.15 bits per heavy atom. The van der Waals surface area contributed by atoms with Gasteiger partial charge in [0.25, 0.3) is 0 Å². The fraction of sp³-hybridized carbons (Fsp3) is 0.818. The van der Waals surface area contributed by atoms with Crippen molar-refractivity contribution in [1.29, 1.82) is 0 Å². The maximum atomic E-state index is 3.84. The van der Waals surface area contributed by atoms with Gasteiger partial charge < -0.3 is 5.32 Å². The minimum Gasteiger partial charge on any atom is -0.309 e. The van der Waals surface area contributed by atoms with Gasteiger partial charge in [0.05, 0.1) is 0 Å². The molecule has 0 bridgehead atoms. The Labute approximate surface area is 90.1 Å². The van der Waals surface area contributed by atoms with Gasteiger partial charge >= 0.3 is 0 Å². The van der Waals surface area contributed by atoms with Gasteiger partial charge in [0.2, 0.25) is 0 Å². The first-order chi connectivity index (χ1) is 6.24. The molecule has 1 aliphatic carbocycles. The van der Waals surface area contributed by atoms with E-state index in [0.717, 1.165) is 23.0 Å². The number of rotatable bonds is 4. The highest BCUT2D eigenvalue weighted by Gasteiger charge is 2.22. The van der Waals surface area contributed by atoms with E-state index in [4.69, 9.17) is 0 Å². The third-order valence-electron chi connectivity index (χ3n) is 2.99. The lowest BCUT2D eigenvalue weighted by Gasteiger charge is -2.31. The van der Waals surface area contributed by atoms with Crippen molar-refractivity contribution in [3.05, 3.63) is 11.1 Å². The maximum absolute atomic E-state index is 3.84. The van der Waals surface area contributed by atoms with Gasteiger partial charge in [-0.2, -0.15) is 0 Å². The monoisotopic (exact) mass is 245 g/mol. The van der Waals surface area contributed by atoms with Crippen molar-refractivity contribution in [3.8, 4) is 0 Å². The first-order valence-corrected chi connectivity index (χ1v) is 6.10. The van der Waals surface area contributed by atoms with Gasteiger partial charge in [0.1, 0.15) is 0 Å². The Morgan fingerprint density at radius 3 is 2.77 bits per heavy atom. The van der Waals surface area contributed by atoms with Crippen LogP contribution in [0.15, 0.2) is 11.1 Å². The Morgan fingerprint density at radius 1 is 1.46 bits per heavy atom. The van der Waals surface area contributed by atoms with Crippen LogP contribution >= 0.6 is 15.9 Å². The minimum absolute atomic E-state index is 0.730. The molecular weight excluding hydrogens is 226 g/mol. The summed E-state index contributed by atoms with van der Waals surface area (Å²) in [6, 6.07) is 0.730. The number of nitrogens with one attached hydrogen (secondary N) is 1. The van der Waals surface area contributed by atoms with Gasteiger partial charge in [0, 0.05) is 17.1 Å². The van der Waals surface area contributed by atoms with E-state index in [-0.39, 0.29) is 0 Å². The summed E-state index contributed by atoms with van der Waals surface area (Å²) in [7, 11) is 0. The molecule has 2 atom stereocenters. The lowest BCUT2D eigenvalue weighted by molar-refractivity contribution is 0.262. The lowest BCUT2D eigenvalue weighted by Crippen LogP contribution is -2.38. The molecule has 1 aliphatic rings. The zero-order valence-electron chi connectivity index (χ0n) is 8.48. The molecule has 0 amide bonds. The molecule has 76 valence electrons. The molecule has 0 saturated heterocycles. The average molecular weight is 246 g/mol. The molecule has 0 heterocycles. The van der Waals surface area contributed by atoms with Crippen LogP contribution in [-0.4, -0.2) is 12.6 Å². The molecule has 0 aromatic heterocycles. The topological polar surface area (TPSA) is 12.0 Å². The molecule has 1 saturated carbocycles. The van der Waals surface area contributed by atoms with Crippen LogP contribution in [0, 0.1) is 5.92 Å². The standard InChI is InChI=1S/C11H20BrN/c1-3-10-6-4-5-7-11(10)13-8-9(2)12/h10-11,13H,2-8H2,1H3. The predicted octanol–water partition coefficient (Wildman–Crippen LogP) is 3.45. The first kappa shape index (κ1) is 11.3. The van der Waals surface area contributed by atoms with Crippen LogP contribution in [-0.2, 0) is 0 Å². The normalized spacial score (nSPS) is 28.8. The minimum atomic E-state index is 0.730. The summed E-state index contributed by atoms with van der Waals surface area (Å²) in [6.45, 7) is 7.06. The molecule has 1 rings (SSSR count). The van der Waals surface area contributed by atoms with E-state index in [1.807, 2.05) is 0 Å². The van der Waals surface area contributed by atoms with E-state index in [9.17, 15) is 0 Å². The molecule has 2 unspecified atom stereocenters. The molecule has 0 aliphatic heterocycles. The van der Waals surface area contributed by atoms with Gasteiger partial charge in [-0.15, -0.1) is 0 Å². The van der Waals surface area contributed by atoms with Crippen molar-refractivity contribution in [2.45, 2.75) is 45.1 Å². The summed E-state index contributed by atoms with van der Waals surface area (Å²) in [5.41, 5.74) is 0. The second-order valence-electron chi connectivity index (χ2n) is 3.96. The van der Waals surface area contributed by atoms with Crippen molar-refractivity contribution in [2.75, 3.05) is 6.54 Å². The summed E-state index contributed by atoms with van der Waals surface area (Å²) in [5.74, 6) is 0.889. The van der Waals surface area contributed by atoms with Crippen molar-refractivity contribution >= 4 is 15.9 Å². The molecule has 0 aromatic carbocycles. The maximum Gasteiger partial charge on any atom is 0.0268 e. The highest BCUT2D eigenvalue weighted by atomic mass is 79.9. The van der Waals surface area contributed by atoms with E-state index < -0.39 is 0 Å². The lowest BCUT2D eigenvalue weighted by atomic mass is 9.83. The fourth-order valence-corrected chi connectivity index (χ4v) is 2.37. The van der Waals surface area contributed by atoms with Crippen LogP contribution in [0.5, 0.6) is 0 Å². The van der Waals surface area contributed by atoms with E-state index in [1.165, 1.54) is 32.1 Å². The zero-order valence-corrected chi connectivity index (χ0v) is 10.1.